The second kappa shape index (κ2) is 6.00. The maximum atomic E-state index is 12.3. The van der Waals surface area contributed by atoms with E-state index < -0.39 is 20.6 Å². The summed E-state index contributed by atoms with van der Waals surface area (Å²) in [5.74, 6) is 0. The molecule has 0 radical (unpaired) electrons. The highest BCUT2D eigenvalue weighted by Gasteiger charge is 2.26. The summed E-state index contributed by atoms with van der Waals surface area (Å²) < 4.78 is 27.7. The number of nitro groups is 1. The number of para-hydroxylation sites is 1. The number of aromatic nitrogens is 1. The zero-order valence-electron chi connectivity index (χ0n) is 11.1. The van der Waals surface area contributed by atoms with Crippen LogP contribution in [0.1, 0.15) is 5.69 Å². The number of anilines is 1. The van der Waals surface area contributed by atoms with Gasteiger partial charge in [0.1, 0.15) is 0 Å². The van der Waals surface area contributed by atoms with Crippen LogP contribution >= 0.6 is 23.1 Å². The van der Waals surface area contributed by atoms with Crippen molar-refractivity contribution in [3.63, 3.8) is 0 Å². The van der Waals surface area contributed by atoms with Crippen molar-refractivity contribution in [1.29, 1.82) is 0 Å². The third-order valence-corrected chi connectivity index (χ3v) is 6.31. The number of nitrogens with one attached hydrogen (secondary N) is 1. The predicted octanol–water partition coefficient (Wildman–Crippen LogP) is 2.88. The average molecular weight is 345 g/mol. The minimum Gasteiger partial charge on any atom is -0.258 e. The average Bonchev–Trinajstić information content (AvgIpc) is 2.77. The van der Waals surface area contributed by atoms with Gasteiger partial charge in [-0.15, -0.1) is 11.8 Å². The Morgan fingerprint density at radius 2 is 2.05 bits per heavy atom. The van der Waals surface area contributed by atoms with Crippen molar-refractivity contribution in [3.05, 3.63) is 40.1 Å². The summed E-state index contributed by atoms with van der Waals surface area (Å²) in [5.41, 5.74) is 0.246. The highest BCUT2D eigenvalue weighted by atomic mass is 32.2. The van der Waals surface area contributed by atoms with E-state index in [1.165, 1.54) is 41.3 Å². The number of nitrogens with zero attached hydrogens (tertiary/aromatic N) is 2. The number of aryl methyl sites for hydroxylation is 1. The first-order chi connectivity index (χ1) is 9.85. The molecule has 21 heavy (non-hydrogen) atoms. The summed E-state index contributed by atoms with van der Waals surface area (Å²) >= 11 is 2.65. The van der Waals surface area contributed by atoms with E-state index in [0.717, 1.165) is 10.3 Å². The first-order valence-electron chi connectivity index (χ1n) is 5.63. The van der Waals surface area contributed by atoms with Crippen molar-refractivity contribution < 1.29 is 13.3 Å². The minimum atomic E-state index is -4.05. The van der Waals surface area contributed by atoms with Crippen LogP contribution in [-0.2, 0) is 10.0 Å². The first-order valence-corrected chi connectivity index (χ1v) is 9.15. The molecule has 1 N–H and O–H groups in total. The first kappa shape index (κ1) is 15.7. The van der Waals surface area contributed by atoms with Gasteiger partial charge in [-0.05, 0) is 19.2 Å². The molecule has 1 aromatic carbocycles. The Hall–Kier alpha value is -1.65. The molecule has 0 unspecified atom stereocenters. The zero-order valence-corrected chi connectivity index (χ0v) is 13.5. The number of sulfonamides is 1. The maximum Gasteiger partial charge on any atom is 0.289 e. The van der Waals surface area contributed by atoms with E-state index in [2.05, 4.69) is 9.71 Å². The van der Waals surface area contributed by atoms with Crippen LogP contribution in [-0.4, -0.2) is 24.6 Å². The van der Waals surface area contributed by atoms with Gasteiger partial charge >= 0.3 is 0 Å². The van der Waals surface area contributed by atoms with Crippen molar-refractivity contribution in [3.8, 4) is 0 Å². The Kier molecular flexibility index (Phi) is 4.49. The second-order valence-corrected chi connectivity index (χ2v) is 7.65. The Balaban J connectivity index is 2.41. The van der Waals surface area contributed by atoms with E-state index in [9.17, 15) is 18.5 Å². The highest BCUT2D eigenvalue weighted by molar-refractivity contribution is 8.00. The number of hydrogen-bond acceptors (Lipinski definition) is 7. The summed E-state index contributed by atoms with van der Waals surface area (Å²) in [7, 11) is -4.05. The van der Waals surface area contributed by atoms with Crippen molar-refractivity contribution in [2.75, 3.05) is 11.0 Å². The standard InChI is InChI=1S/C11H11N3O4S3/c1-7-10(19-2)20-11(12-7)13-21(17,18)9-6-4-3-5-8(9)14(15)16/h3-6H,1-2H3,(H,12,13). The molecule has 1 heterocycles. The van der Waals surface area contributed by atoms with Crippen molar-refractivity contribution in [2.24, 2.45) is 0 Å². The number of thiazole rings is 1. The summed E-state index contributed by atoms with van der Waals surface area (Å²) in [6.07, 6.45) is 1.86. The van der Waals surface area contributed by atoms with Crippen molar-refractivity contribution in [1.82, 2.24) is 4.98 Å². The molecule has 0 saturated heterocycles. The molecule has 0 saturated carbocycles. The fourth-order valence-corrected chi connectivity index (χ4v) is 4.64. The lowest BCUT2D eigenvalue weighted by Crippen LogP contribution is -2.14. The molecule has 0 amide bonds. The number of benzene rings is 1. The molecule has 10 heteroatoms. The number of rotatable bonds is 5. The van der Waals surface area contributed by atoms with E-state index in [1.54, 1.807) is 6.92 Å². The second-order valence-electron chi connectivity index (χ2n) is 3.93. The smallest absolute Gasteiger partial charge is 0.258 e. The summed E-state index contributed by atoms with van der Waals surface area (Å²) in [5, 5.41) is 11.1. The molecule has 2 rings (SSSR count). The minimum absolute atomic E-state index is 0.190. The molecule has 0 atom stereocenters. The zero-order chi connectivity index (χ0) is 15.6. The number of nitro benzene ring substituents is 1. The van der Waals surface area contributed by atoms with E-state index in [1.807, 2.05) is 6.26 Å². The Morgan fingerprint density at radius 3 is 2.62 bits per heavy atom. The molecule has 1 aromatic heterocycles. The van der Waals surface area contributed by atoms with E-state index in [-0.39, 0.29) is 10.0 Å². The molecule has 0 aliphatic carbocycles. The summed E-state index contributed by atoms with van der Waals surface area (Å²) in [6, 6.07) is 5.18. The van der Waals surface area contributed by atoms with Gasteiger partial charge in [0.05, 0.1) is 14.8 Å². The predicted molar refractivity (Wildman–Crippen MR) is 82.5 cm³/mol. The van der Waals surface area contributed by atoms with Crippen LogP contribution in [0.2, 0.25) is 0 Å². The fourth-order valence-electron chi connectivity index (χ4n) is 1.62. The van der Waals surface area contributed by atoms with Crippen molar-refractivity contribution >= 4 is 43.9 Å². The maximum absolute atomic E-state index is 12.3. The lowest BCUT2D eigenvalue weighted by Gasteiger charge is -2.05. The molecular formula is C11H11N3O4S3. The van der Waals surface area contributed by atoms with Gasteiger partial charge in [0.15, 0.2) is 10.0 Å². The normalized spacial score (nSPS) is 11.3. The quantitative estimate of drug-likeness (QED) is 0.508. The van der Waals surface area contributed by atoms with Crippen LogP contribution in [0.5, 0.6) is 0 Å². The van der Waals surface area contributed by atoms with Gasteiger partial charge in [-0.1, -0.05) is 23.5 Å². The third kappa shape index (κ3) is 3.34. The molecule has 2 aromatic rings. The summed E-state index contributed by atoms with van der Waals surface area (Å²) in [6.45, 7) is 1.77. The molecular weight excluding hydrogens is 334 g/mol. The Labute approximate surface area is 129 Å². The van der Waals surface area contributed by atoms with Crippen molar-refractivity contribution in [2.45, 2.75) is 16.0 Å². The van der Waals surface area contributed by atoms with Crippen LogP contribution in [0.3, 0.4) is 0 Å². The van der Waals surface area contributed by atoms with Gasteiger partial charge in [-0.3, -0.25) is 14.8 Å². The lowest BCUT2D eigenvalue weighted by atomic mass is 10.3. The van der Waals surface area contributed by atoms with E-state index in [4.69, 9.17) is 0 Å². The third-order valence-electron chi connectivity index (χ3n) is 2.51. The molecule has 112 valence electrons. The van der Waals surface area contributed by atoms with Gasteiger partial charge in [0.25, 0.3) is 15.7 Å². The van der Waals surface area contributed by atoms with Gasteiger partial charge in [-0.25, -0.2) is 13.4 Å². The molecule has 7 nitrogen and oxygen atoms in total. The molecule has 0 aliphatic rings. The van der Waals surface area contributed by atoms with Gasteiger partial charge in [0.2, 0.25) is 0 Å². The largest absolute Gasteiger partial charge is 0.289 e. The molecule has 0 aliphatic heterocycles. The Morgan fingerprint density at radius 1 is 1.38 bits per heavy atom. The van der Waals surface area contributed by atoms with Gasteiger partial charge < -0.3 is 0 Å². The molecule has 0 fully saturated rings. The van der Waals surface area contributed by atoms with Crippen LogP contribution in [0.4, 0.5) is 10.8 Å². The number of thioether (sulfide) groups is 1. The SMILES string of the molecule is CSc1sc(NS(=O)(=O)c2ccccc2[N+](=O)[O-])nc1C. The highest BCUT2D eigenvalue weighted by Crippen LogP contribution is 2.32. The van der Waals surface area contributed by atoms with Crippen LogP contribution in [0, 0.1) is 17.0 Å². The fraction of sp³-hybridized carbons (Fsp3) is 0.182. The Bertz CT molecular complexity index is 786. The molecule has 0 spiro atoms. The lowest BCUT2D eigenvalue weighted by molar-refractivity contribution is -0.387. The van der Waals surface area contributed by atoms with Crippen LogP contribution in [0.15, 0.2) is 33.4 Å². The molecule has 0 bridgehead atoms. The van der Waals surface area contributed by atoms with E-state index >= 15 is 0 Å². The number of hydrogen-bond donors (Lipinski definition) is 1. The van der Waals surface area contributed by atoms with Gasteiger partial charge in [0, 0.05) is 6.07 Å². The monoisotopic (exact) mass is 345 g/mol. The summed E-state index contributed by atoms with van der Waals surface area (Å²) in [4.78, 5) is 13.9. The van der Waals surface area contributed by atoms with E-state index in [0.29, 0.717) is 5.69 Å². The van der Waals surface area contributed by atoms with Crippen LogP contribution < -0.4 is 4.72 Å². The van der Waals surface area contributed by atoms with Crippen LogP contribution in [0.25, 0.3) is 0 Å². The topological polar surface area (TPSA) is 102 Å². The van der Waals surface area contributed by atoms with Gasteiger partial charge in [-0.2, -0.15) is 0 Å².